The summed E-state index contributed by atoms with van der Waals surface area (Å²) >= 11 is 0. The molecule has 0 spiro atoms. The lowest BCUT2D eigenvalue weighted by Gasteiger charge is -2.06. The highest BCUT2D eigenvalue weighted by molar-refractivity contribution is 5.90. The van der Waals surface area contributed by atoms with Crippen LogP contribution in [0.3, 0.4) is 0 Å². The molecule has 0 aliphatic rings. The Bertz CT molecular complexity index is 516. The summed E-state index contributed by atoms with van der Waals surface area (Å²) in [5.41, 5.74) is 0.141. The topological polar surface area (TPSA) is 110 Å². The van der Waals surface area contributed by atoms with Crippen molar-refractivity contribution in [2.75, 3.05) is 13.2 Å². The molecule has 0 amide bonds. The molecule has 106 valence electrons. The molecule has 0 bridgehead atoms. The molecule has 0 unspecified atom stereocenters. The highest BCUT2D eigenvalue weighted by atomic mass is 16.6. The molecule has 0 saturated heterocycles. The Morgan fingerprint density at radius 1 is 1.00 bits per heavy atom. The van der Waals surface area contributed by atoms with Crippen molar-refractivity contribution in [3.8, 4) is 5.75 Å². The Morgan fingerprint density at radius 3 is 2.20 bits per heavy atom. The first-order valence-electron chi connectivity index (χ1n) is 5.53. The summed E-state index contributed by atoms with van der Waals surface area (Å²) < 4.78 is 9.87. The largest absolute Gasteiger partial charge is 0.490 e. The number of ether oxygens (including phenoxy) is 2. The highest BCUT2D eigenvalue weighted by Crippen LogP contribution is 2.11. The standard InChI is InChI=1S/C13H12O7/c14-11(15)5-6-12(16)20-8-7-19-10-3-1-9(2-4-10)13(17)18/h1-6H,7-8H2,(H,14,15)(H,17,18)/b6-5+. The summed E-state index contributed by atoms with van der Waals surface area (Å²) in [7, 11) is 0. The molecule has 20 heavy (non-hydrogen) atoms. The molecule has 1 aromatic carbocycles. The van der Waals surface area contributed by atoms with Crippen LogP contribution >= 0.6 is 0 Å². The van der Waals surface area contributed by atoms with Gasteiger partial charge in [0.25, 0.3) is 0 Å². The van der Waals surface area contributed by atoms with Crippen LogP contribution in [-0.2, 0) is 14.3 Å². The van der Waals surface area contributed by atoms with E-state index in [-0.39, 0.29) is 18.8 Å². The fourth-order valence-corrected chi connectivity index (χ4v) is 1.18. The Morgan fingerprint density at radius 2 is 1.65 bits per heavy atom. The number of aliphatic carboxylic acids is 1. The van der Waals surface area contributed by atoms with Gasteiger partial charge in [0.05, 0.1) is 5.56 Å². The Labute approximate surface area is 114 Å². The van der Waals surface area contributed by atoms with Gasteiger partial charge in [-0.3, -0.25) is 0 Å². The van der Waals surface area contributed by atoms with Gasteiger partial charge < -0.3 is 19.7 Å². The number of carboxylic acid groups (broad SMARTS) is 2. The zero-order valence-corrected chi connectivity index (χ0v) is 10.3. The van der Waals surface area contributed by atoms with Gasteiger partial charge in [-0.2, -0.15) is 0 Å². The van der Waals surface area contributed by atoms with Gasteiger partial charge in [-0.05, 0) is 24.3 Å². The minimum atomic E-state index is -1.24. The summed E-state index contributed by atoms with van der Waals surface area (Å²) in [4.78, 5) is 31.7. The Balaban J connectivity index is 2.29. The van der Waals surface area contributed by atoms with Crippen LogP contribution in [-0.4, -0.2) is 41.3 Å². The molecule has 0 fully saturated rings. The number of esters is 1. The summed E-state index contributed by atoms with van der Waals surface area (Å²) in [6.45, 7) is 0.0164. The van der Waals surface area contributed by atoms with Crippen LogP contribution in [0.15, 0.2) is 36.4 Å². The summed E-state index contributed by atoms with van der Waals surface area (Å²) in [6.07, 6.45) is 1.47. The number of hydrogen-bond donors (Lipinski definition) is 2. The summed E-state index contributed by atoms with van der Waals surface area (Å²) in [5, 5.41) is 17.0. The number of carbonyl (C=O) groups excluding carboxylic acids is 1. The lowest BCUT2D eigenvalue weighted by molar-refractivity contribution is -0.139. The number of hydrogen-bond acceptors (Lipinski definition) is 5. The number of carbonyl (C=O) groups is 3. The zero-order chi connectivity index (χ0) is 15.0. The molecule has 7 nitrogen and oxygen atoms in total. The zero-order valence-electron chi connectivity index (χ0n) is 10.3. The molecule has 0 radical (unpaired) electrons. The van der Waals surface area contributed by atoms with Crippen molar-refractivity contribution in [2.45, 2.75) is 0 Å². The fraction of sp³-hybridized carbons (Fsp3) is 0.154. The van der Waals surface area contributed by atoms with Crippen molar-refractivity contribution in [3.05, 3.63) is 42.0 Å². The van der Waals surface area contributed by atoms with Crippen molar-refractivity contribution in [3.63, 3.8) is 0 Å². The predicted molar refractivity (Wildman–Crippen MR) is 66.6 cm³/mol. The van der Waals surface area contributed by atoms with Crippen LogP contribution in [0, 0.1) is 0 Å². The number of carboxylic acids is 2. The second-order valence-corrected chi connectivity index (χ2v) is 3.52. The fourth-order valence-electron chi connectivity index (χ4n) is 1.18. The molecular formula is C13H12O7. The Kier molecular flexibility index (Phi) is 5.76. The lowest BCUT2D eigenvalue weighted by Crippen LogP contribution is -2.10. The van der Waals surface area contributed by atoms with E-state index in [9.17, 15) is 14.4 Å². The molecule has 0 atom stereocenters. The van der Waals surface area contributed by atoms with E-state index in [0.717, 1.165) is 6.08 Å². The van der Waals surface area contributed by atoms with Gasteiger partial charge in [0.2, 0.25) is 0 Å². The molecule has 0 aromatic heterocycles. The SMILES string of the molecule is O=C(O)/C=C/C(=O)OCCOc1ccc(C(=O)O)cc1. The van der Waals surface area contributed by atoms with Crippen molar-refractivity contribution >= 4 is 17.9 Å². The average Bonchev–Trinajstić information content (AvgIpc) is 2.42. The van der Waals surface area contributed by atoms with Crippen molar-refractivity contribution in [1.29, 1.82) is 0 Å². The summed E-state index contributed by atoms with van der Waals surface area (Å²) in [6, 6.07) is 5.74. The van der Waals surface area contributed by atoms with Crippen LogP contribution in [0.5, 0.6) is 5.75 Å². The maximum Gasteiger partial charge on any atom is 0.335 e. The van der Waals surface area contributed by atoms with Crippen LogP contribution < -0.4 is 4.74 Å². The van der Waals surface area contributed by atoms with Gasteiger partial charge in [0.1, 0.15) is 19.0 Å². The first kappa shape index (κ1) is 15.2. The second-order valence-electron chi connectivity index (χ2n) is 3.52. The van der Waals surface area contributed by atoms with E-state index >= 15 is 0 Å². The maximum absolute atomic E-state index is 11.0. The van der Waals surface area contributed by atoms with Gasteiger partial charge >= 0.3 is 17.9 Å². The molecular weight excluding hydrogens is 268 g/mol. The van der Waals surface area contributed by atoms with E-state index in [1.165, 1.54) is 24.3 Å². The van der Waals surface area contributed by atoms with Gasteiger partial charge in [-0.25, -0.2) is 14.4 Å². The van der Waals surface area contributed by atoms with Crippen LogP contribution in [0.25, 0.3) is 0 Å². The highest BCUT2D eigenvalue weighted by Gasteiger charge is 2.02. The monoisotopic (exact) mass is 280 g/mol. The third kappa shape index (κ3) is 5.67. The van der Waals surface area contributed by atoms with Gasteiger partial charge in [0, 0.05) is 12.2 Å². The Hall–Kier alpha value is -2.83. The van der Waals surface area contributed by atoms with Gasteiger partial charge in [-0.1, -0.05) is 0 Å². The quantitative estimate of drug-likeness (QED) is 0.434. The van der Waals surface area contributed by atoms with Crippen molar-refractivity contribution < 1.29 is 34.1 Å². The molecule has 0 saturated carbocycles. The third-order valence-electron chi connectivity index (χ3n) is 2.06. The minimum absolute atomic E-state index is 0.0521. The van der Waals surface area contributed by atoms with Crippen LogP contribution in [0.2, 0.25) is 0 Å². The summed E-state index contributed by atoms with van der Waals surface area (Å²) in [5.74, 6) is -2.61. The second kappa shape index (κ2) is 7.57. The van der Waals surface area contributed by atoms with Crippen LogP contribution in [0.4, 0.5) is 0 Å². The molecule has 0 heterocycles. The normalized spacial score (nSPS) is 10.2. The van der Waals surface area contributed by atoms with E-state index in [4.69, 9.17) is 14.9 Å². The number of aromatic carboxylic acids is 1. The van der Waals surface area contributed by atoms with Gasteiger partial charge in [-0.15, -0.1) is 0 Å². The van der Waals surface area contributed by atoms with Crippen LogP contribution in [0.1, 0.15) is 10.4 Å². The van der Waals surface area contributed by atoms with E-state index in [1.54, 1.807) is 0 Å². The average molecular weight is 280 g/mol. The molecule has 7 heteroatoms. The molecule has 0 aliphatic heterocycles. The molecule has 1 rings (SSSR count). The van der Waals surface area contributed by atoms with Crippen molar-refractivity contribution in [2.24, 2.45) is 0 Å². The van der Waals surface area contributed by atoms with E-state index in [1.807, 2.05) is 0 Å². The first-order valence-corrected chi connectivity index (χ1v) is 5.53. The molecule has 1 aromatic rings. The number of benzene rings is 1. The van der Waals surface area contributed by atoms with Gasteiger partial charge in [0.15, 0.2) is 0 Å². The lowest BCUT2D eigenvalue weighted by atomic mass is 10.2. The maximum atomic E-state index is 11.0. The molecule has 2 N–H and O–H groups in total. The van der Waals surface area contributed by atoms with E-state index in [2.05, 4.69) is 4.74 Å². The first-order chi connectivity index (χ1) is 9.49. The third-order valence-corrected chi connectivity index (χ3v) is 2.06. The number of rotatable bonds is 7. The van der Waals surface area contributed by atoms with E-state index in [0.29, 0.717) is 11.8 Å². The van der Waals surface area contributed by atoms with E-state index < -0.39 is 17.9 Å². The van der Waals surface area contributed by atoms with Crippen molar-refractivity contribution in [1.82, 2.24) is 0 Å². The smallest absolute Gasteiger partial charge is 0.335 e. The predicted octanol–water partition coefficient (Wildman–Crippen LogP) is 0.948. The molecule has 0 aliphatic carbocycles. The minimum Gasteiger partial charge on any atom is -0.490 e.